The average molecular weight is 521 g/mol. The summed E-state index contributed by atoms with van der Waals surface area (Å²) in [6.07, 6.45) is 3.01. The molecule has 0 aliphatic rings. The molecule has 172 valence electrons. The topological polar surface area (TPSA) is 99.6 Å². The highest BCUT2D eigenvalue weighted by molar-refractivity contribution is 9.10. The minimum Gasteiger partial charge on any atom is -0.488 e. The predicted molar refractivity (Wildman–Crippen MR) is 135 cm³/mol. The second kappa shape index (κ2) is 10.4. The molecular formula is C25H21BrN4O4. The zero-order valence-corrected chi connectivity index (χ0v) is 19.9. The molecule has 4 rings (SSSR count). The Morgan fingerprint density at radius 1 is 1.15 bits per heavy atom. The van der Waals surface area contributed by atoms with E-state index in [2.05, 4.69) is 26.0 Å². The van der Waals surface area contributed by atoms with Crippen molar-refractivity contribution in [2.75, 3.05) is 0 Å². The van der Waals surface area contributed by atoms with E-state index >= 15 is 0 Å². The van der Waals surface area contributed by atoms with Crippen molar-refractivity contribution in [2.24, 2.45) is 5.10 Å². The molecule has 0 saturated heterocycles. The van der Waals surface area contributed by atoms with Gasteiger partial charge in [-0.3, -0.25) is 14.9 Å². The van der Waals surface area contributed by atoms with Gasteiger partial charge >= 0.3 is 0 Å². The molecule has 3 aromatic carbocycles. The fourth-order valence-corrected chi connectivity index (χ4v) is 3.77. The third-order valence-electron chi connectivity index (χ3n) is 5.12. The van der Waals surface area contributed by atoms with Gasteiger partial charge < -0.3 is 4.74 Å². The number of hydrogen-bond acceptors (Lipinski definition) is 6. The molecule has 0 bridgehead atoms. The normalized spacial score (nSPS) is 11.2. The fraction of sp³-hybridized carbons (Fsp3) is 0.160. The second-order valence-corrected chi connectivity index (χ2v) is 8.47. The predicted octanol–water partition coefficient (Wildman–Crippen LogP) is 5.48. The first kappa shape index (κ1) is 23.3. The molecule has 0 atom stereocenters. The molecule has 8 nitrogen and oxygen atoms in total. The third-order valence-corrected chi connectivity index (χ3v) is 5.62. The van der Waals surface area contributed by atoms with Gasteiger partial charge in [-0.25, -0.2) is 4.98 Å². The quantitative estimate of drug-likeness (QED) is 0.174. The molecule has 0 unspecified atom stereocenters. The highest BCUT2D eigenvalue weighted by atomic mass is 79.9. The van der Waals surface area contributed by atoms with Gasteiger partial charge in [0.05, 0.1) is 22.0 Å². The van der Waals surface area contributed by atoms with Crippen LogP contribution in [0.2, 0.25) is 0 Å². The Hall–Kier alpha value is -3.85. The van der Waals surface area contributed by atoms with E-state index < -0.39 is 4.92 Å². The highest BCUT2D eigenvalue weighted by Crippen LogP contribution is 2.20. The zero-order valence-electron chi connectivity index (χ0n) is 18.3. The Morgan fingerprint density at radius 2 is 1.91 bits per heavy atom. The Balaban J connectivity index is 1.63. The Kier molecular flexibility index (Phi) is 7.12. The number of non-ortho nitro benzene ring substituents is 1. The Morgan fingerprint density at radius 3 is 2.65 bits per heavy atom. The van der Waals surface area contributed by atoms with Crippen molar-refractivity contribution in [3.05, 3.63) is 109 Å². The third kappa shape index (κ3) is 5.20. The van der Waals surface area contributed by atoms with Gasteiger partial charge in [0.15, 0.2) is 0 Å². The molecule has 0 aliphatic heterocycles. The van der Waals surface area contributed by atoms with Crippen LogP contribution in [0, 0.1) is 10.1 Å². The van der Waals surface area contributed by atoms with Crippen LogP contribution in [0.1, 0.15) is 30.3 Å². The van der Waals surface area contributed by atoms with Crippen LogP contribution in [0.3, 0.4) is 0 Å². The van der Waals surface area contributed by atoms with Gasteiger partial charge in [0.25, 0.3) is 11.2 Å². The average Bonchev–Trinajstić information content (AvgIpc) is 2.84. The SMILES string of the molecule is CCCc1nc2ccc(Br)cc2c(=O)n1N=Cc1ccccc1OCc1ccc([N+](=O)[O-])cc1. The molecule has 0 N–H and O–H groups in total. The van der Waals surface area contributed by atoms with Crippen LogP contribution in [0.25, 0.3) is 10.9 Å². The number of rotatable bonds is 8. The summed E-state index contributed by atoms with van der Waals surface area (Å²) in [6.45, 7) is 2.25. The number of nitro benzene ring substituents is 1. The Labute approximate surface area is 203 Å². The van der Waals surface area contributed by atoms with Crippen LogP contribution in [-0.2, 0) is 13.0 Å². The summed E-state index contributed by atoms with van der Waals surface area (Å²) in [4.78, 5) is 28.2. The van der Waals surface area contributed by atoms with Crippen LogP contribution >= 0.6 is 15.9 Å². The maximum atomic E-state index is 13.2. The van der Waals surface area contributed by atoms with Gasteiger partial charge in [-0.1, -0.05) is 35.0 Å². The van der Waals surface area contributed by atoms with Crippen molar-refractivity contribution in [1.82, 2.24) is 9.66 Å². The monoisotopic (exact) mass is 520 g/mol. The van der Waals surface area contributed by atoms with Crippen molar-refractivity contribution >= 4 is 38.7 Å². The molecule has 0 amide bonds. The summed E-state index contributed by atoms with van der Waals surface area (Å²) in [5.74, 6) is 1.16. The zero-order chi connectivity index (χ0) is 24.1. The first-order valence-electron chi connectivity index (χ1n) is 10.7. The lowest BCUT2D eigenvalue weighted by Gasteiger charge is -2.10. The smallest absolute Gasteiger partial charge is 0.282 e. The number of para-hydroxylation sites is 1. The van der Waals surface area contributed by atoms with E-state index in [0.717, 1.165) is 16.5 Å². The molecular weight excluding hydrogens is 500 g/mol. The summed E-state index contributed by atoms with van der Waals surface area (Å²) in [5.41, 5.74) is 1.90. The largest absolute Gasteiger partial charge is 0.488 e. The molecule has 0 aliphatic carbocycles. The highest BCUT2D eigenvalue weighted by Gasteiger charge is 2.11. The van der Waals surface area contributed by atoms with Gasteiger partial charge in [-0.2, -0.15) is 9.78 Å². The summed E-state index contributed by atoms with van der Waals surface area (Å²) < 4.78 is 8.07. The number of nitrogens with zero attached hydrogens (tertiary/aromatic N) is 4. The van der Waals surface area contributed by atoms with E-state index in [-0.39, 0.29) is 17.9 Å². The number of benzene rings is 3. The summed E-state index contributed by atoms with van der Waals surface area (Å²) >= 11 is 3.41. The lowest BCUT2D eigenvalue weighted by molar-refractivity contribution is -0.384. The Bertz CT molecular complexity index is 1430. The van der Waals surface area contributed by atoms with Gasteiger partial charge in [0.1, 0.15) is 18.2 Å². The maximum Gasteiger partial charge on any atom is 0.282 e. The van der Waals surface area contributed by atoms with Gasteiger partial charge in [0.2, 0.25) is 0 Å². The first-order chi connectivity index (χ1) is 16.5. The number of aromatic nitrogens is 2. The summed E-state index contributed by atoms with van der Waals surface area (Å²) in [6, 6.07) is 19.0. The fourth-order valence-electron chi connectivity index (χ4n) is 3.41. The van der Waals surface area contributed by atoms with Crippen LogP contribution in [0.4, 0.5) is 5.69 Å². The van der Waals surface area contributed by atoms with Crippen LogP contribution in [0.15, 0.2) is 81.1 Å². The molecule has 0 spiro atoms. The number of hydrogen-bond donors (Lipinski definition) is 0. The minimum absolute atomic E-state index is 0.0284. The van der Waals surface area contributed by atoms with E-state index in [1.807, 2.05) is 37.3 Å². The second-order valence-electron chi connectivity index (χ2n) is 7.55. The lowest BCUT2D eigenvalue weighted by Crippen LogP contribution is -2.22. The molecule has 34 heavy (non-hydrogen) atoms. The van der Waals surface area contributed by atoms with E-state index in [0.29, 0.717) is 34.5 Å². The number of halogens is 1. The summed E-state index contributed by atoms with van der Waals surface area (Å²) in [5, 5.41) is 15.8. The standard InChI is InChI=1S/C25H21BrN4O4/c1-2-5-24-28-22-13-10-19(26)14-21(22)25(31)29(24)27-15-18-6-3-4-7-23(18)34-16-17-8-11-20(12-9-17)30(32)33/h3-4,6-15H,2,5,16H2,1H3. The van der Waals surface area contributed by atoms with Crippen LogP contribution < -0.4 is 10.3 Å². The molecule has 4 aromatic rings. The van der Waals surface area contributed by atoms with Crippen molar-refractivity contribution in [3.8, 4) is 5.75 Å². The van der Waals surface area contributed by atoms with Gasteiger partial charge in [-0.15, -0.1) is 0 Å². The van der Waals surface area contributed by atoms with Crippen molar-refractivity contribution in [1.29, 1.82) is 0 Å². The van der Waals surface area contributed by atoms with Gasteiger partial charge in [-0.05, 0) is 54.4 Å². The first-order valence-corrected chi connectivity index (χ1v) is 11.5. The maximum absolute atomic E-state index is 13.2. The number of aryl methyl sites for hydroxylation is 1. The lowest BCUT2D eigenvalue weighted by atomic mass is 10.2. The van der Waals surface area contributed by atoms with Crippen molar-refractivity contribution in [3.63, 3.8) is 0 Å². The summed E-state index contributed by atoms with van der Waals surface area (Å²) in [7, 11) is 0. The van der Waals surface area contributed by atoms with Crippen molar-refractivity contribution in [2.45, 2.75) is 26.4 Å². The molecule has 9 heteroatoms. The molecule has 1 aromatic heterocycles. The molecule has 0 fully saturated rings. The number of ether oxygens (including phenoxy) is 1. The van der Waals surface area contributed by atoms with Crippen molar-refractivity contribution < 1.29 is 9.66 Å². The van der Waals surface area contributed by atoms with E-state index in [4.69, 9.17) is 4.74 Å². The van der Waals surface area contributed by atoms with E-state index in [1.165, 1.54) is 16.8 Å². The van der Waals surface area contributed by atoms with Crippen LogP contribution in [-0.4, -0.2) is 20.8 Å². The number of nitro groups is 1. The van der Waals surface area contributed by atoms with E-state index in [1.54, 1.807) is 30.5 Å². The minimum atomic E-state index is -0.439. The molecule has 1 heterocycles. The molecule has 0 radical (unpaired) electrons. The van der Waals surface area contributed by atoms with E-state index in [9.17, 15) is 14.9 Å². The van der Waals surface area contributed by atoms with Crippen LogP contribution in [0.5, 0.6) is 5.75 Å². The van der Waals surface area contributed by atoms with Gasteiger partial charge in [0, 0.05) is 28.6 Å². The molecule has 0 saturated carbocycles. The number of fused-ring (bicyclic) bond motifs is 1.